The van der Waals surface area contributed by atoms with Gasteiger partial charge in [-0.15, -0.1) is 21.5 Å². The number of thiophene rings is 1. The minimum atomic E-state index is -0.281. The van der Waals surface area contributed by atoms with Crippen LogP contribution in [0.15, 0.2) is 46.8 Å². The molecule has 4 aromatic rings. The van der Waals surface area contributed by atoms with Crippen LogP contribution in [0.3, 0.4) is 0 Å². The number of hydrogen-bond acceptors (Lipinski definition) is 6. The molecule has 0 N–H and O–H groups in total. The Bertz CT molecular complexity index is 1120. The Balaban J connectivity index is 1.61. The first kappa shape index (κ1) is 15.9. The molecule has 0 unspecified atom stereocenters. The van der Waals surface area contributed by atoms with Crippen molar-refractivity contribution in [2.24, 2.45) is 0 Å². The van der Waals surface area contributed by atoms with Crippen LogP contribution < -0.4 is 0 Å². The van der Waals surface area contributed by atoms with E-state index in [1.165, 1.54) is 22.7 Å². The van der Waals surface area contributed by atoms with Crippen molar-refractivity contribution in [2.45, 2.75) is 36.0 Å². The van der Waals surface area contributed by atoms with Crippen molar-refractivity contribution >= 4 is 33.3 Å². The Morgan fingerprint density at radius 1 is 1.19 bits per heavy atom. The summed E-state index contributed by atoms with van der Waals surface area (Å²) < 4.78 is 16.3. The number of benzene rings is 1. The number of halogens is 1. The van der Waals surface area contributed by atoms with Gasteiger partial charge in [-0.25, -0.2) is 14.4 Å². The van der Waals surface area contributed by atoms with Gasteiger partial charge < -0.3 is 0 Å². The van der Waals surface area contributed by atoms with Gasteiger partial charge in [0.2, 0.25) is 0 Å². The van der Waals surface area contributed by atoms with Gasteiger partial charge in [-0.05, 0) is 49.7 Å². The van der Waals surface area contributed by atoms with E-state index in [1.807, 2.05) is 6.07 Å². The van der Waals surface area contributed by atoms with E-state index >= 15 is 0 Å². The number of aromatic nitrogens is 5. The first-order valence-corrected chi connectivity index (χ1v) is 9.93. The molecule has 0 radical (unpaired) electrons. The zero-order valence-electron chi connectivity index (χ0n) is 13.9. The van der Waals surface area contributed by atoms with Crippen LogP contribution in [-0.2, 0) is 0 Å². The molecule has 1 fully saturated rings. The van der Waals surface area contributed by atoms with Gasteiger partial charge in [0.1, 0.15) is 22.0 Å². The predicted octanol–water partition coefficient (Wildman–Crippen LogP) is 4.88. The third kappa shape index (κ3) is 2.69. The third-order valence-electron chi connectivity index (χ3n) is 4.30. The minimum absolute atomic E-state index is 0.281. The Labute approximate surface area is 157 Å². The lowest BCUT2D eigenvalue weighted by molar-refractivity contribution is 0.622. The molecular formula is C18H14FN5S2. The van der Waals surface area contributed by atoms with Gasteiger partial charge in [-0.3, -0.25) is 4.57 Å². The lowest BCUT2D eigenvalue weighted by Gasteiger charge is -2.09. The second kappa shape index (κ2) is 6.14. The lowest BCUT2D eigenvalue weighted by atomic mass is 10.2. The smallest absolute Gasteiger partial charge is 0.198 e. The fourth-order valence-electron chi connectivity index (χ4n) is 2.96. The van der Waals surface area contributed by atoms with Crippen LogP contribution in [0.5, 0.6) is 0 Å². The van der Waals surface area contributed by atoms with Crippen LogP contribution >= 0.6 is 23.1 Å². The van der Waals surface area contributed by atoms with Crippen LogP contribution in [0, 0.1) is 12.7 Å². The average molecular weight is 383 g/mol. The monoisotopic (exact) mass is 383 g/mol. The zero-order chi connectivity index (χ0) is 17.7. The number of aryl methyl sites for hydroxylation is 1. The summed E-state index contributed by atoms with van der Waals surface area (Å²) in [5.41, 5.74) is 0.484. The molecule has 0 amide bonds. The summed E-state index contributed by atoms with van der Waals surface area (Å²) in [6.07, 6.45) is 3.70. The van der Waals surface area contributed by atoms with Gasteiger partial charge in [0.25, 0.3) is 0 Å². The summed E-state index contributed by atoms with van der Waals surface area (Å²) in [5.74, 6) is 0.302. The van der Waals surface area contributed by atoms with Crippen LogP contribution in [0.4, 0.5) is 4.39 Å². The van der Waals surface area contributed by atoms with E-state index in [0.29, 0.717) is 17.4 Å². The fourth-order valence-corrected chi connectivity index (χ4v) is 4.82. The van der Waals surface area contributed by atoms with E-state index in [2.05, 4.69) is 37.7 Å². The van der Waals surface area contributed by atoms with Crippen LogP contribution in [-0.4, -0.2) is 24.7 Å². The lowest BCUT2D eigenvalue weighted by Crippen LogP contribution is -2.01. The van der Waals surface area contributed by atoms with Crippen molar-refractivity contribution in [2.75, 3.05) is 0 Å². The van der Waals surface area contributed by atoms with Crippen LogP contribution in [0.2, 0.25) is 0 Å². The highest BCUT2D eigenvalue weighted by molar-refractivity contribution is 7.99. The SMILES string of the molecule is Cc1cc2c(Sc3nnc(-c4ccccc4F)n3C3CC3)ncnc2s1. The quantitative estimate of drug-likeness (QED) is 0.470. The van der Waals surface area contributed by atoms with Crippen molar-refractivity contribution in [3.8, 4) is 11.4 Å². The molecule has 8 heteroatoms. The molecule has 26 heavy (non-hydrogen) atoms. The number of hydrogen-bond donors (Lipinski definition) is 0. The number of fused-ring (bicyclic) bond motifs is 1. The Morgan fingerprint density at radius 2 is 2.04 bits per heavy atom. The first-order chi connectivity index (χ1) is 12.7. The van der Waals surface area contributed by atoms with E-state index < -0.39 is 0 Å². The third-order valence-corrected chi connectivity index (χ3v) is 6.23. The Morgan fingerprint density at radius 3 is 2.85 bits per heavy atom. The summed E-state index contributed by atoms with van der Waals surface area (Å²) in [6.45, 7) is 2.06. The van der Waals surface area contributed by atoms with E-state index in [4.69, 9.17) is 0 Å². The average Bonchev–Trinajstić information content (AvgIpc) is 3.27. The molecule has 0 saturated heterocycles. The standard InChI is InChI=1S/C18H14FN5S2/c1-10-8-13-16(25-10)20-9-21-17(13)26-18-23-22-15(24(18)11-6-7-11)12-4-2-3-5-14(12)19/h2-5,8-9,11H,6-7H2,1H3. The van der Waals surface area contributed by atoms with Crippen molar-refractivity contribution in [3.05, 3.63) is 47.4 Å². The van der Waals surface area contributed by atoms with E-state index in [-0.39, 0.29) is 5.82 Å². The van der Waals surface area contributed by atoms with Crippen molar-refractivity contribution < 1.29 is 4.39 Å². The molecule has 130 valence electrons. The van der Waals surface area contributed by atoms with Crippen molar-refractivity contribution in [1.82, 2.24) is 24.7 Å². The van der Waals surface area contributed by atoms with E-state index in [1.54, 1.807) is 29.8 Å². The molecule has 1 aromatic carbocycles. The number of nitrogens with zero attached hydrogens (tertiary/aromatic N) is 5. The Hall–Kier alpha value is -2.32. The molecule has 5 nitrogen and oxygen atoms in total. The maximum Gasteiger partial charge on any atom is 0.198 e. The first-order valence-electron chi connectivity index (χ1n) is 8.29. The largest absolute Gasteiger partial charge is 0.299 e. The molecule has 0 atom stereocenters. The molecule has 3 aromatic heterocycles. The molecule has 1 saturated carbocycles. The molecule has 1 aliphatic carbocycles. The highest BCUT2D eigenvalue weighted by atomic mass is 32.2. The topological polar surface area (TPSA) is 56.5 Å². The number of rotatable bonds is 4. The molecule has 0 aliphatic heterocycles. The molecule has 5 rings (SSSR count). The summed E-state index contributed by atoms with van der Waals surface area (Å²) in [6, 6.07) is 9.12. The molecule has 0 bridgehead atoms. The van der Waals surface area contributed by atoms with Gasteiger partial charge in [-0.2, -0.15) is 0 Å². The van der Waals surface area contributed by atoms with Gasteiger partial charge in [0.05, 0.1) is 5.56 Å². The summed E-state index contributed by atoms with van der Waals surface area (Å²) in [4.78, 5) is 10.9. The molecule has 0 spiro atoms. The van der Waals surface area contributed by atoms with Gasteiger partial charge in [-0.1, -0.05) is 12.1 Å². The summed E-state index contributed by atoms with van der Waals surface area (Å²) in [7, 11) is 0. The minimum Gasteiger partial charge on any atom is -0.299 e. The van der Waals surface area contributed by atoms with Gasteiger partial charge in [0, 0.05) is 16.3 Å². The highest BCUT2D eigenvalue weighted by Gasteiger charge is 2.31. The van der Waals surface area contributed by atoms with Crippen LogP contribution in [0.1, 0.15) is 23.8 Å². The molecule has 3 heterocycles. The summed E-state index contributed by atoms with van der Waals surface area (Å²) in [5, 5.41) is 11.3. The maximum absolute atomic E-state index is 14.3. The van der Waals surface area contributed by atoms with E-state index in [0.717, 1.165) is 33.2 Å². The highest BCUT2D eigenvalue weighted by Crippen LogP contribution is 2.43. The van der Waals surface area contributed by atoms with Crippen LogP contribution in [0.25, 0.3) is 21.6 Å². The van der Waals surface area contributed by atoms with Gasteiger partial charge in [0.15, 0.2) is 11.0 Å². The molecular weight excluding hydrogens is 369 g/mol. The Kier molecular flexibility index (Phi) is 3.75. The summed E-state index contributed by atoms with van der Waals surface area (Å²) >= 11 is 3.12. The maximum atomic E-state index is 14.3. The van der Waals surface area contributed by atoms with Crippen molar-refractivity contribution in [1.29, 1.82) is 0 Å². The van der Waals surface area contributed by atoms with Gasteiger partial charge >= 0.3 is 0 Å². The predicted molar refractivity (Wildman–Crippen MR) is 100.0 cm³/mol. The normalized spacial score (nSPS) is 14.2. The zero-order valence-corrected chi connectivity index (χ0v) is 15.5. The second-order valence-electron chi connectivity index (χ2n) is 6.24. The fraction of sp³-hybridized carbons (Fsp3) is 0.222. The van der Waals surface area contributed by atoms with E-state index in [9.17, 15) is 4.39 Å². The second-order valence-corrected chi connectivity index (χ2v) is 8.43. The van der Waals surface area contributed by atoms with Crippen molar-refractivity contribution in [3.63, 3.8) is 0 Å². The molecule has 1 aliphatic rings.